The Labute approximate surface area is 132 Å². The Balaban J connectivity index is 2.04. The van der Waals surface area contributed by atoms with Crippen molar-refractivity contribution in [2.75, 3.05) is 0 Å². The Kier molecular flexibility index (Phi) is 3.97. The maximum atomic E-state index is 12.4. The number of carboxylic acid groups (broad SMARTS) is 1. The van der Waals surface area contributed by atoms with E-state index in [9.17, 15) is 14.7 Å². The molecule has 3 rings (SSSR count). The summed E-state index contributed by atoms with van der Waals surface area (Å²) < 4.78 is 0. The molecule has 0 bridgehead atoms. The quantitative estimate of drug-likeness (QED) is 0.346. The van der Waals surface area contributed by atoms with Crippen LogP contribution in [0, 0.1) is 0 Å². The zero-order chi connectivity index (χ0) is 16.2. The molecule has 1 aromatic heterocycles. The van der Waals surface area contributed by atoms with Gasteiger partial charge in [0.05, 0.1) is 5.52 Å². The van der Waals surface area contributed by atoms with Gasteiger partial charge < -0.3 is 5.11 Å². The zero-order valence-electron chi connectivity index (χ0n) is 12.1. The summed E-state index contributed by atoms with van der Waals surface area (Å²) in [6.07, 6.45) is 2.92. The van der Waals surface area contributed by atoms with E-state index in [0.717, 1.165) is 10.9 Å². The smallest absolute Gasteiger partial charge is 0.339 e. The fraction of sp³-hybridized carbons (Fsp3) is 0. The fourth-order valence-corrected chi connectivity index (χ4v) is 2.30. The number of Topliss-reactive ketones (excluding diaryl/α,β-unsaturated/α-hetero) is 1. The van der Waals surface area contributed by atoms with Crippen LogP contribution in [-0.4, -0.2) is 21.8 Å². The van der Waals surface area contributed by atoms with Crippen molar-refractivity contribution in [2.45, 2.75) is 0 Å². The van der Waals surface area contributed by atoms with Crippen molar-refractivity contribution in [3.05, 3.63) is 83.6 Å². The molecule has 0 saturated heterocycles. The van der Waals surface area contributed by atoms with Gasteiger partial charge in [-0.15, -0.1) is 0 Å². The molecule has 0 spiro atoms. The van der Waals surface area contributed by atoms with Crippen LogP contribution in [0.4, 0.5) is 0 Å². The molecule has 0 fully saturated rings. The average molecular weight is 303 g/mol. The van der Waals surface area contributed by atoms with Crippen LogP contribution in [0.15, 0.2) is 72.4 Å². The van der Waals surface area contributed by atoms with Crippen molar-refractivity contribution in [3.63, 3.8) is 0 Å². The minimum absolute atomic E-state index is 0.284. The Bertz CT molecular complexity index is 914. The standard InChI is InChI=1S/C19H13NO3/c21-18(14-6-2-1-3-7-14)16(19(22)23)11-13-10-15-8-4-5-9-17(15)20-12-13/h1-12H,(H,22,23)/b16-11-. The molecule has 4 nitrogen and oxygen atoms in total. The van der Waals surface area contributed by atoms with Crippen molar-refractivity contribution in [1.29, 1.82) is 0 Å². The number of pyridine rings is 1. The van der Waals surface area contributed by atoms with Gasteiger partial charge in [0.25, 0.3) is 0 Å². The number of rotatable bonds is 4. The van der Waals surface area contributed by atoms with E-state index >= 15 is 0 Å². The molecule has 0 aliphatic heterocycles. The summed E-state index contributed by atoms with van der Waals surface area (Å²) in [5, 5.41) is 10.3. The number of aromatic nitrogens is 1. The first-order valence-electron chi connectivity index (χ1n) is 7.05. The zero-order valence-corrected chi connectivity index (χ0v) is 12.1. The van der Waals surface area contributed by atoms with Crippen LogP contribution in [0.5, 0.6) is 0 Å². The average Bonchev–Trinajstić information content (AvgIpc) is 2.59. The summed E-state index contributed by atoms with van der Waals surface area (Å²) >= 11 is 0. The van der Waals surface area contributed by atoms with Gasteiger partial charge in [-0.3, -0.25) is 9.78 Å². The van der Waals surface area contributed by atoms with Crippen LogP contribution in [0.25, 0.3) is 17.0 Å². The number of ketones is 1. The number of fused-ring (bicyclic) bond motifs is 1. The predicted octanol–water partition coefficient (Wildman–Crippen LogP) is 3.59. The molecule has 112 valence electrons. The van der Waals surface area contributed by atoms with E-state index in [4.69, 9.17) is 0 Å². The predicted molar refractivity (Wildman–Crippen MR) is 88.1 cm³/mol. The maximum Gasteiger partial charge on any atom is 0.339 e. The van der Waals surface area contributed by atoms with Gasteiger partial charge in [-0.2, -0.15) is 0 Å². The largest absolute Gasteiger partial charge is 0.478 e. The molecular weight excluding hydrogens is 290 g/mol. The SMILES string of the molecule is O=C(O)/C(=C\c1cnc2ccccc2c1)C(=O)c1ccccc1. The first kappa shape index (κ1) is 14.7. The Morgan fingerprint density at radius 1 is 0.957 bits per heavy atom. The topological polar surface area (TPSA) is 67.3 Å². The number of hydrogen-bond donors (Lipinski definition) is 1. The van der Waals surface area contributed by atoms with E-state index in [1.165, 1.54) is 6.08 Å². The van der Waals surface area contributed by atoms with Crippen molar-refractivity contribution >= 4 is 28.7 Å². The van der Waals surface area contributed by atoms with E-state index in [1.807, 2.05) is 30.3 Å². The van der Waals surface area contributed by atoms with Crippen LogP contribution in [-0.2, 0) is 4.79 Å². The lowest BCUT2D eigenvalue weighted by Gasteiger charge is -2.03. The Hall–Kier alpha value is -3.27. The van der Waals surface area contributed by atoms with E-state index in [-0.39, 0.29) is 5.57 Å². The molecule has 1 N–H and O–H groups in total. The van der Waals surface area contributed by atoms with Crippen LogP contribution < -0.4 is 0 Å². The van der Waals surface area contributed by atoms with Gasteiger partial charge >= 0.3 is 5.97 Å². The number of aliphatic carboxylic acids is 1. The van der Waals surface area contributed by atoms with E-state index in [2.05, 4.69) is 4.98 Å². The molecule has 0 aliphatic carbocycles. The molecule has 0 saturated carbocycles. The summed E-state index contributed by atoms with van der Waals surface area (Å²) in [5.41, 5.74) is 1.45. The number of carbonyl (C=O) groups is 2. The normalized spacial score (nSPS) is 11.4. The number of para-hydroxylation sites is 1. The van der Waals surface area contributed by atoms with Crippen LogP contribution in [0.2, 0.25) is 0 Å². The molecule has 0 unspecified atom stereocenters. The first-order valence-corrected chi connectivity index (χ1v) is 7.05. The number of hydrogen-bond acceptors (Lipinski definition) is 3. The number of carbonyl (C=O) groups excluding carboxylic acids is 1. The van der Waals surface area contributed by atoms with Crippen LogP contribution >= 0.6 is 0 Å². The summed E-state index contributed by atoms with van der Waals surface area (Å²) in [7, 11) is 0. The van der Waals surface area contributed by atoms with E-state index in [0.29, 0.717) is 11.1 Å². The molecule has 23 heavy (non-hydrogen) atoms. The highest BCUT2D eigenvalue weighted by Crippen LogP contribution is 2.17. The second-order valence-electron chi connectivity index (χ2n) is 5.02. The number of nitrogens with zero attached hydrogens (tertiary/aromatic N) is 1. The summed E-state index contributed by atoms with van der Waals surface area (Å²) in [6, 6.07) is 17.7. The minimum atomic E-state index is -1.26. The van der Waals surface area contributed by atoms with Crippen molar-refractivity contribution in [1.82, 2.24) is 4.98 Å². The molecule has 3 aromatic rings. The van der Waals surface area contributed by atoms with Gasteiger partial charge in [0.15, 0.2) is 5.78 Å². The lowest BCUT2D eigenvalue weighted by molar-refractivity contribution is -0.132. The van der Waals surface area contributed by atoms with Gasteiger partial charge in [0, 0.05) is 17.1 Å². The third-order valence-corrected chi connectivity index (χ3v) is 3.43. The number of carboxylic acids is 1. The maximum absolute atomic E-state index is 12.4. The van der Waals surface area contributed by atoms with Crippen molar-refractivity contribution < 1.29 is 14.7 Å². The summed E-state index contributed by atoms with van der Waals surface area (Å²) in [6.45, 7) is 0. The lowest BCUT2D eigenvalue weighted by atomic mass is 10.0. The monoisotopic (exact) mass is 303 g/mol. The molecule has 0 atom stereocenters. The van der Waals surface area contributed by atoms with Gasteiger partial charge in [-0.25, -0.2) is 4.79 Å². The summed E-state index contributed by atoms with van der Waals surface area (Å²) in [4.78, 5) is 28.1. The highest BCUT2D eigenvalue weighted by molar-refractivity contribution is 6.26. The highest BCUT2D eigenvalue weighted by atomic mass is 16.4. The van der Waals surface area contributed by atoms with Crippen LogP contribution in [0.3, 0.4) is 0 Å². The molecule has 2 aromatic carbocycles. The fourth-order valence-electron chi connectivity index (χ4n) is 2.30. The second kappa shape index (κ2) is 6.23. The molecule has 0 aliphatic rings. The van der Waals surface area contributed by atoms with Crippen molar-refractivity contribution in [3.8, 4) is 0 Å². The van der Waals surface area contributed by atoms with Crippen LogP contribution in [0.1, 0.15) is 15.9 Å². The minimum Gasteiger partial charge on any atom is -0.478 e. The van der Waals surface area contributed by atoms with Gasteiger partial charge in [-0.1, -0.05) is 48.5 Å². The van der Waals surface area contributed by atoms with Gasteiger partial charge in [0.1, 0.15) is 5.57 Å². The second-order valence-corrected chi connectivity index (χ2v) is 5.02. The van der Waals surface area contributed by atoms with Crippen molar-refractivity contribution in [2.24, 2.45) is 0 Å². The third-order valence-electron chi connectivity index (χ3n) is 3.43. The van der Waals surface area contributed by atoms with E-state index in [1.54, 1.807) is 36.5 Å². The Morgan fingerprint density at radius 3 is 2.39 bits per heavy atom. The molecule has 0 amide bonds. The van der Waals surface area contributed by atoms with Gasteiger partial charge in [-0.05, 0) is 23.8 Å². The Morgan fingerprint density at radius 2 is 1.65 bits per heavy atom. The molecule has 0 radical (unpaired) electrons. The van der Waals surface area contributed by atoms with Gasteiger partial charge in [0.2, 0.25) is 0 Å². The highest BCUT2D eigenvalue weighted by Gasteiger charge is 2.19. The lowest BCUT2D eigenvalue weighted by Crippen LogP contribution is -2.12. The molecular formula is C19H13NO3. The third kappa shape index (κ3) is 3.16. The summed E-state index contributed by atoms with van der Waals surface area (Å²) in [5.74, 6) is -1.78. The first-order chi connectivity index (χ1) is 11.1. The number of benzene rings is 2. The molecule has 4 heteroatoms. The van der Waals surface area contributed by atoms with E-state index < -0.39 is 11.8 Å². The molecule has 1 heterocycles.